The fourth-order valence-corrected chi connectivity index (χ4v) is 3.44. The summed E-state index contributed by atoms with van der Waals surface area (Å²) in [6.07, 6.45) is 5.53. The van der Waals surface area contributed by atoms with Crippen molar-refractivity contribution in [3.05, 3.63) is 48.0 Å². The smallest absolute Gasteiger partial charge is 0.0298 e. The van der Waals surface area contributed by atoms with Crippen LogP contribution in [0.2, 0.25) is 0 Å². The van der Waals surface area contributed by atoms with E-state index in [1.165, 1.54) is 42.0 Å². The Morgan fingerprint density at radius 1 is 1.10 bits per heavy atom. The number of hydrogen-bond donors (Lipinski definition) is 1. The van der Waals surface area contributed by atoms with Gasteiger partial charge in [-0.15, -0.1) is 0 Å². The lowest BCUT2D eigenvalue weighted by molar-refractivity contribution is 0.120. The first-order valence-corrected chi connectivity index (χ1v) is 7.95. The van der Waals surface area contributed by atoms with E-state index in [1.54, 1.807) is 0 Å². The molecule has 1 aliphatic carbocycles. The first-order chi connectivity index (χ1) is 9.74. The molecule has 0 saturated heterocycles. The largest absolute Gasteiger partial charge is 0.310 e. The lowest BCUT2D eigenvalue weighted by Crippen LogP contribution is -2.40. The summed E-state index contributed by atoms with van der Waals surface area (Å²) in [4.78, 5) is 0. The molecule has 2 aromatic rings. The average Bonchev–Trinajstić information content (AvgIpc) is 2.46. The van der Waals surface area contributed by atoms with Gasteiger partial charge in [0.2, 0.25) is 0 Å². The highest BCUT2D eigenvalue weighted by molar-refractivity contribution is 5.86. The molecule has 1 atom stereocenters. The van der Waals surface area contributed by atoms with Crippen LogP contribution >= 0.6 is 0 Å². The van der Waals surface area contributed by atoms with Crippen molar-refractivity contribution >= 4 is 10.8 Å². The minimum atomic E-state index is 0.421. The van der Waals surface area contributed by atoms with Crippen molar-refractivity contribution in [3.8, 4) is 0 Å². The molecule has 0 amide bonds. The molecule has 3 rings (SSSR count). The van der Waals surface area contributed by atoms with Crippen LogP contribution in [0.3, 0.4) is 0 Å². The molecule has 1 heteroatoms. The van der Waals surface area contributed by atoms with Crippen molar-refractivity contribution in [2.75, 3.05) is 6.54 Å². The van der Waals surface area contributed by atoms with Gasteiger partial charge in [-0.05, 0) is 47.9 Å². The quantitative estimate of drug-likeness (QED) is 0.797. The van der Waals surface area contributed by atoms with Crippen molar-refractivity contribution in [1.82, 2.24) is 5.32 Å². The molecule has 106 valence electrons. The van der Waals surface area contributed by atoms with Gasteiger partial charge < -0.3 is 5.32 Å². The normalized spacial score (nSPS) is 18.7. The van der Waals surface area contributed by atoms with E-state index in [1.807, 2.05) is 0 Å². The molecule has 1 aliphatic rings. The van der Waals surface area contributed by atoms with E-state index < -0.39 is 0 Å². The van der Waals surface area contributed by atoms with Gasteiger partial charge in [0.25, 0.3) is 0 Å². The Balaban J connectivity index is 1.77. The molecular formula is C19H25N. The molecule has 0 aliphatic heterocycles. The van der Waals surface area contributed by atoms with Crippen molar-refractivity contribution in [1.29, 1.82) is 0 Å². The van der Waals surface area contributed by atoms with Crippen molar-refractivity contribution in [2.45, 2.75) is 45.6 Å². The summed E-state index contributed by atoms with van der Waals surface area (Å²) >= 11 is 0. The summed E-state index contributed by atoms with van der Waals surface area (Å²) < 4.78 is 0. The lowest BCUT2D eigenvalue weighted by Gasteiger charge is -2.42. The van der Waals surface area contributed by atoms with Crippen LogP contribution in [0.15, 0.2) is 42.5 Å². The van der Waals surface area contributed by atoms with Crippen LogP contribution in [-0.4, -0.2) is 6.54 Å². The molecule has 2 aromatic carbocycles. The first-order valence-electron chi connectivity index (χ1n) is 7.95. The van der Waals surface area contributed by atoms with Crippen LogP contribution in [0.4, 0.5) is 0 Å². The van der Waals surface area contributed by atoms with E-state index in [0.29, 0.717) is 11.5 Å². The molecule has 0 radical (unpaired) electrons. The second kappa shape index (κ2) is 5.57. The molecule has 0 bridgehead atoms. The molecule has 1 fully saturated rings. The number of rotatable bonds is 5. The maximum Gasteiger partial charge on any atom is 0.0298 e. The van der Waals surface area contributed by atoms with E-state index in [0.717, 1.165) is 6.54 Å². The molecule has 0 aromatic heterocycles. The third kappa shape index (κ3) is 2.47. The monoisotopic (exact) mass is 267 g/mol. The van der Waals surface area contributed by atoms with Gasteiger partial charge in [0.15, 0.2) is 0 Å². The van der Waals surface area contributed by atoms with E-state index in [-0.39, 0.29) is 0 Å². The van der Waals surface area contributed by atoms with Crippen molar-refractivity contribution in [3.63, 3.8) is 0 Å². The highest BCUT2D eigenvalue weighted by atomic mass is 14.9. The third-order valence-corrected chi connectivity index (χ3v) is 5.24. The van der Waals surface area contributed by atoms with Gasteiger partial charge in [-0.1, -0.05) is 55.8 Å². The standard InChI is InChI=1S/C19H25N/c1-3-19(12-7-13-19)14-20-15(2)17-11-6-9-16-8-4-5-10-18(16)17/h4-6,8-11,15,20H,3,7,12-14H2,1-2H3. The summed E-state index contributed by atoms with van der Waals surface area (Å²) in [7, 11) is 0. The van der Waals surface area contributed by atoms with Gasteiger partial charge in [0.1, 0.15) is 0 Å². The van der Waals surface area contributed by atoms with Gasteiger partial charge in [0, 0.05) is 12.6 Å². The van der Waals surface area contributed by atoms with Crippen LogP contribution in [0.25, 0.3) is 10.8 Å². The van der Waals surface area contributed by atoms with E-state index in [4.69, 9.17) is 0 Å². The Labute approximate surface area is 122 Å². The molecule has 1 N–H and O–H groups in total. The fourth-order valence-electron chi connectivity index (χ4n) is 3.44. The number of hydrogen-bond acceptors (Lipinski definition) is 1. The van der Waals surface area contributed by atoms with Gasteiger partial charge in [-0.25, -0.2) is 0 Å². The molecule has 0 spiro atoms. The molecule has 20 heavy (non-hydrogen) atoms. The molecular weight excluding hydrogens is 242 g/mol. The highest BCUT2D eigenvalue weighted by Crippen LogP contribution is 2.43. The Morgan fingerprint density at radius 3 is 2.55 bits per heavy atom. The van der Waals surface area contributed by atoms with E-state index >= 15 is 0 Å². The number of fused-ring (bicyclic) bond motifs is 1. The highest BCUT2D eigenvalue weighted by Gasteiger charge is 2.34. The van der Waals surface area contributed by atoms with Crippen LogP contribution in [0.1, 0.15) is 51.1 Å². The summed E-state index contributed by atoms with van der Waals surface area (Å²) in [6, 6.07) is 15.7. The maximum atomic E-state index is 3.78. The van der Waals surface area contributed by atoms with Gasteiger partial charge >= 0.3 is 0 Å². The fraction of sp³-hybridized carbons (Fsp3) is 0.474. The van der Waals surface area contributed by atoms with Crippen LogP contribution < -0.4 is 5.32 Å². The number of benzene rings is 2. The predicted octanol–water partition coefficient (Wildman–Crippen LogP) is 5.07. The zero-order chi connectivity index (χ0) is 14.0. The van der Waals surface area contributed by atoms with E-state index in [9.17, 15) is 0 Å². The van der Waals surface area contributed by atoms with Gasteiger partial charge in [-0.2, -0.15) is 0 Å². The predicted molar refractivity (Wildman–Crippen MR) is 86.9 cm³/mol. The summed E-state index contributed by atoms with van der Waals surface area (Å²) in [5, 5.41) is 6.51. The van der Waals surface area contributed by atoms with Crippen LogP contribution in [0.5, 0.6) is 0 Å². The summed E-state index contributed by atoms with van der Waals surface area (Å²) in [5.41, 5.74) is 2.01. The maximum absolute atomic E-state index is 3.78. The Morgan fingerprint density at radius 2 is 1.85 bits per heavy atom. The minimum absolute atomic E-state index is 0.421. The van der Waals surface area contributed by atoms with Gasteiger partial charge in [0.05, 0.1) is 0 Å². The average molecular weight is 267 g/mol. The first kappa shape index (κ1) is 13.6. The van der Waals surface area contributed by atoms with Crippen LogP contribution in [0, 0.1) is 5.41 Å². The van der Waals surface area contributed by atoms with Crippen molar-refractivity contribution < 1.29 is 0 Å². The van der Waals surface area contributed by atoms with Gasteiger partial charge in [-0.3, -0.25) is 0 Å². The Bertz CT molecular complexity index is 572. The molecule has 1 saturated carbocycles. The lowest BCUT2D eigenvalue weighted by atomic mass is 9.67. The zero-order valence-corrected chi connectivity index (χ0v) is 12.7. The Kier molecular flexibility index (Phi) is 3.80. The molecule has 1 unspecified atom stereocenters. The minimum Gasteiger partial charge on any atom is -0.310 e. The third-order valence-electron chi connectivity index (χ3n) is 5.24. The topological polar surface area (TPSA) is 12.0 Å². The van der Waals surface area contributed by atoms with Crippen LogP contribution in [-0.2, 0) is 0 Å². The summed E-state index contributed by atoms with van der Waals surface area (Å²) in [6.45, 7) is 5.79. The Hall–Kier alpha value is -1.34. The number of nitrogens with one attached hydrogen (secondary N) is 1. The molecule has 0 heterocycles. The second-order valence-electron chi connectivity index (χ2n) is 6.38. The zero-order valence-electron chi connectivity index (χ0n) is 12.7. The van der Waals surface area contributed by atoms with Crippen molar-refractivity contribution in [2.24, 2.45) is 5.41 Å². The van der Waals surface area contributed by atoms with E-state index in [2.05, 4.69) is 61.6 Å². The SMILES string of the molecule is CCC1(CNC(C)c2cccc3ccccc23)CCC1. The summed E-state index contributed by atoms with van der Waals surface area (Å²) in [5.74, 6) is 0. The molecule has 1 nitrogen and oxygen atoms in total. The second-order valence-corrected chi connectivity index (χ2v) is 6.38.